The number of aliphatic imine (C=N–C) groups is 1. The summed E-state index contributed by atoms with van der Waals surface area (Å²) < 4.78 is 9.94. The van der Waals surface area contributed by atoms with Gasteiger partial charge in [-0.1, -0.05) is 13.0 Å². The van der Waals surface area contributed by atoms with Gasteiger partial charge in [0.2, 0.25) is 0 Å². The number of methoxy groups -OCH3 is 2. The van der Waals surface area contributed by atoms with Crippen molar-refractivity contribution in [3.63, 3.8) is 0 Å². The first kappa shape index (κ1) is 22.3. The average molecular weight is 477 g/mol. The number of carbonyl (C=O) groups is 1. The van der Waals surface area contributed by atoms with Crippen LogP contribution in [-0.2, 0) is 16.1 Å². The number of halogens is 1. The lowest BCUT2D eigenvalue weighted by Gasteiger charge is -2.21. The van der Waals surface area contributed by atoms with E-state index in [0.717, 1.165) is 24.6 Å². The summed E-state index contributed by atoms with van der Waals surface area (Å²) >= 11 is 0. The maximum Gasteiger partial charge on any atom is 0.310 e. The number of ether oxygens (including phenoxy) is 2. The van der Waals surface area contributed by atoms with Crippen LogP contribution < -0.4 is 10.1 Å². The van der Waals surface area contributed by atoms with Crippen LogP contribution in [0.3, 0.4) is 0 Å². The van der Waals surface area contributed by atoms with E-state index >= 15 is 0 Å². The van der Waals surface area contributed by atoms with Gasteiger partial charge in [0.25, 0.3) is 0 Å². The van der Waals surface area contributed by atoms with E-state index in [1.807, 2.05) is 19.9 Å². The van der Waals surface area contributed by atoms with E-state index in [1.165, 1.54) is 14.2 Å². The maximum absolute atomic E-state index is 11.9. The highest BCUT2D eigenvalue weighted by molar-refractivity contribution is 14.0. The number of hydrogen-bond donors (Lipinski definition) is 2. The van der Waals surface area contributed by atoms with Crippen molar-refractivity contribution in [1.29, 1.82) is 0 Å². The largest absolute Gasteiger partial charge is 0.504 e. The minimum Gasteiger partial charge on any atom is -0.504 e. The second kappa shape index (κ2) is 10.4. The van der Waals surface area contributed by atoms with Crippen LogP contribution in [0.5, 0.6) is 11.5 Å². The SMILES string of the molecule is CCNC(=NCc1ccc(OC)c(O)c1)N1CC(C)C(C(=O)OC)C1.I. The first-order valence-electron chi connectivity index (χ1n) is 8.47. The van der Waals surface area contributed by atoms with Crippen LogP contribution in [0.1, 0.15) is 19.4 Å². The topological polar surface area (TPSA) is 83.4 Å². The molecule has 0 amide bonds. The number of hydrogen-bond acceptors (Lipinski definition) is 5. The number of guanidine groups is 1. The lowest BCUT2D eigenvalue weighted by atomic mass is 9.99. The lowest BCUT2D eigenvalue weighted by molar-refractivity contribution is -0.145. The van der Waals surface area contributed by atoms with Crippen molar-refractivity contribution in [3.05, 3.63) is 23.8 Å². The van der Waals surface area contributed by atoms with Gasteiger partial charge in [-0.2, -0.15) is 0 Å². The Morgan fingerprint density at radius 3 is 2.69 bits per heavy atom. The van der Waals surface area contributed by atoms with Crippen molar-refractivity contribution in [2.24, 2.45) is 16.8 Å². The van der Waals surface area contributed by atoms with Gasteiger partial charge in [0.1, 0.15) is 0 Å². The minimum absolute atomic E-state index is 0. The fourth-order valence-electron chi connectivity index (χ4n) is 3.02. The number of aromatic hydroxyl groups is 1. The lowest BCUT2D eigenvalue weighted by Crippen LogP contribution is -2.40. The zero-order valence-electron chi connectivity index (χ0n) is 15.7. The Kier molecular flexibility index (Phi) is 8.97. The molecule has 1 aromatic rings. The first-order valence-corrected chi connectivity index (χ1v) is 8.47. The summed E-state index contributed by atoms with van der Waals surface area (Å²) in [6.07, 6.45) is 0. The number of phenols is 1. The van der Waals surface area contributed by atoms with E-state index in [1.54, 1.807) is 12.1 Å². The average Bonchev–Trinajstić information content (AvgIpc) is 2.99. The molecule has 2 N–H and O–H groups in total. The summed E-state index contributed by atoms with van der Waals surface area (Å²) in [6.45, 7) is 6.56. The number of nitrogens with zero attached hydrogens (tertiary/aromatic N) is 2. The van der Waals surface area contributed by atoms with E-state index < -0.39 is 0 Å². The highest BCUT2D eigenvalue weighted by atomic mass is 127. The van der Waals surface area contributed by atoms with E-state index in [-0.39, 0.29) is 47.5 Å². The van der Waals surface area contributed by atoms with Crippen molar-refractivity contribution in [2.45, 2.75) is 20.4 Å². The van der Waals surface area contributed by atoms with E-state index in [9.17, 15) is 9.90 Å². The molecule has 0 spiro atoms. The Balaban J connectivity index is 0.00000338. The molecule has 1 aliphatic heterocycles. The van der Waals surface area contributed by atoms with Crippen molar-refractivity contribution < 1.29 is 19.4 Å². The van der Waals surface area contributed by atoms with E-state index in [0.29, 0.717) is 18.8 Å². The fourth-order valence-corrected chi connectivity index (χ4v) is 3.02. The van der Waals surface area contributed by atoms with Crippen molar-refractivity contribution in [1.82, 2.24) is 10.2 Å². The van der Waals surface area contributed by atoms with Gasteiger partial charge in [-0.05, 0) is 30.5 Å². The normalized spacial score (nSPS) is 19.7. The summed E-state index contributed by atoms with van der Waals surface area (Å²) in [5, 5.41) is 13.1. The van der Waals surface area contributed by atoms with Gasteiger partial charge in [0.15, 0.2) is 17.5 Å². The van der Waals surface area contributed by atoms with Crippen LogP contribution in [-0.4, -0.2) is 55.8 Å². The molecule has 1 heterocycles. The Bertz CT molecular complexity index is 639. The van der Waals surface area contributed by atoms with Gasteiger partial charge in [0.05, 0.1) is 26.7 Å². The third kappa shape index (κ3) is 5.39. The number of carbonyl (C=O) groups excluding carboxylic acids is 1. The van der Waals surface area contributed by atoms with Gasteiger partial charge in [-0.15, -0.1) is 24.0 Å². The predicted octanol–water partition coefficient (Wildman–Crippen LogP) is 2.23. The van der Waals surface area contributed by atoms with Crippen molar-refractivity contribution in [3.8, 4) is 11.5 Å². The molecule has 2 rings (SSSR count). The Hall–Kier alpha value is -1.71. The predicted molar refractivity (Wildman–Crippen MR) is 111 cm³/mol. The van der Waals surface area contributed by atoms with Crippen LogP contribution in [0.2, 0.25) is 0 Å². The minimum atomic E-state index is -0.175. The highest BCUT2D eigenvalue weighted by Gasteiger charge is 2.36. The molecule has 2 atom stereocenters. The van der Waals surface area contributed by atoms with E-state index in [4.69, 9.17) is 9.47 Å². The van der Waals surface area contributed by atoms with Crippen LogP contribution in [0.4, 0.5) is 0 Å². The van der Waals surface area contributed by atoms with Crippen LogP contribution in [0, 0.1) is 11.8 Å². The molecule has 0 aromatic heterocycles. The number of benzene rings is 1. The number of rotatable bonds is 5. The Morgan fingerprint density at radius 2 is 2.12 bits per heavy atom. The zero-order chi connectivity index (χ0) is 18.4. The molecule has 7 nitrogen and oxygen atoms in total. The molecule has 0 aliphatic carbocycles. The second-order valence-electron chi connectivity index (χ2n) is 6.19. The molecule has 146 valence electrons. The quantitative estimate of drug-likeness (QED) is 0.293. The summed E-state index contributed by atoms with van der Waals surface area (Å²) in [5.41, 5.74) is 0.880. The standard InChI is InChI=1S/C18H27N3O4.HI/c1-5-19-18(21-10-12(2)14(11-21)17(23)25-4)20-9-13-6-7-16(24-3)15(22)8-13;/h6-8,12,14,22H,5,9-11H2,1-4H3,(H,19,20);1H. The van der Waals surface area contributed by atoms with Crippen LogP contribution >= 0.6 is 24.0 Å². The molecule has 2 unspecified atom stereocenters. The first-order chi connectivity index (χ1) is 12.0. The van der Waals surface area contributed by atoms with Gasteiger partial charge in [-0.3, -0.25) is 4.79 Å². The summed E-state index contributed by atoms with van der Waals surface area (Å²) in [4.78, 5) is 18.6. The van der Waals surface area contributed by atoms with Crippen LogP contribution in [0.25, 0.3) is 0 Å². The molecule has 1 aromatic carbocycles. The molecule has 0 bridgehead atoms. The Morgan fingerprint density at radius 1 is 1.38 bits per heavy atom. The van der Waals surface area contributed by atoms with Crippen LogP contribution in [0.15, 0.2) is 23.2 Å². The molecular weight excluding hydrogens is 449 g/mol. The number of likely N-dealkylation sites (tertiary alicyclic amines) is 1. The van der Waals surface area contributed by atoms with E-state index in [2.05, 4.69) is 15.2 Å². The summed E-state index contributed by atoms with van der Waals surface area (Å²) in [5.74, 6) is 1.19. The summed E-state index contributed by atoms with van der Waals surface area (Å²) in [6, 6.07) is 5.24. The number of esters is 1. The van der Waals surface area contributed by atoms with Gasteiger partial charge < -0.3 is 24.8 Å². The smallest absolute Gasteiger partial charge is 0.310 e. The molecule has 1 fully saturated rings. The van der Waals surface area contributed by atoms with Crippen molar-refractivity contribution >= 4 is 35.9 Å². The Labute approximate surface area is 171 Å². The molecule has 0 radical (unpaired) electrons. The van der Waals surface area contributed by atoms with Crippen molar-refractivity contribution in [2.75, 3.05) is 33.9 Å². The van der Waals surface area contributed by atoms with Gasteiger partial charge >= 0.3 is 5.97 Å². The summed E-state index contributed by atoms with van der Waals surface area (Å²) in [7, 11) is 2.94. The van der Waals surface area contributed by atoms with Gasteiger partial charge in [-0.25, -0.2) is 4.99 Å². The second-order valence-corrected chi connectivity index (χ2v) is 6.19. The third-order valence-electron chi connectivity index (χ3n) is 4.41. The third-order valence-corrected chi connectivity index (χ3v) is 4.41. The molecule has 1 saturated heterocycles. The zero-order valence-corrected chi connectivity index (χ0v) is 18.0. The number of phenolic OH excluding ortho intramolecular Hbond substituents is 1. The fraction of sp³-hybridized carbons (Fsp3) is 0.556. The molecule has 1 aliphatic rings. The number of nitrogens with one attached hydrogen (secondary N) is 1. The molecule has 8 heteroatoms. The molecular formula is C18H28IN3O4. The highest BCUT2D eigenvalue weighted by Crippen LogP contribution is 2.27. The maximum atomic E-state index is 11.9. The van der Waals surface area contributed by atoms with Gasteiger partial charge in [0, 0.05) is 19.6 Å². The molecule has 26 heavy (non-hydrogen) atoms. The monoisotopic (exact) mass is 477 g/mol. The molecule has 0 saturated carbocycles.